The smallest absolute Gasteiger partial charge is 0.321 e. The number of aliphatic hydroxyl groups excluding tert-OH is 1. The molecule has 1 aliphatic rings. The predicted molar refractivity (Wildman–Crippen MR) is 74.9 cm³/mol. The number of hydrogen-bond donors (Lipinski definition) is 2. The van der Waals surface area contributed by atoms with Gasteiger partial charge in [0.2, 0.25) is 5.78 Å². The van der Waals surface area contributed by atoms with E-state index in [9.17, 15) is 15.0 Å². The second kappa shape index (κ2) is 5.09. The van der Waals surface area contributed by atoms with Gasteiger partial charge in [0.25, 0.3) is 0 Å². The van der Waals surface area contributed by atoms with Crippen molar-refractivity contribution in [3.63, 3.8) is 0 Å². The van der Waals surface area contributed by atoms with Crippen LogP contribution in [0, 0.1) is 13.8 Å². The van der Waals surface area contributed by atoms with Gasteiger partial charge in [-0.1, -0.05) is 0 Å². The number of fused-ring (bicyclic) bond motifs is 1. The molecule has 2 unspecified atom stereocenters. The Morgan fingerprint density at radius 3 is 2.90 bits per heavy atom. The lowest BCUT2D eigenvalue weighted by Crippen LogP contribution is -2.35. The predicted octanol–water partition coefficient (Wildman–Crippen LogP) is 0.366. The third kappa shape index (κ3) is 2.62. The number of hydrogen-bond acceptors (Lipinski definition) is 5. The largest absolute Gasteiger partial charge is 0.480 e. The van der Waals surface area contributed by atoms with Gasteiger partial charge in [0.1, 0.15) is 6.04 Å². The summed E-state index contributed by atoms with van der Waals surface area (Å²) in [7, 11) is 0. The number of β-amino-alcohol motifs (C(OH)–C–C–N with tert-alkyl or cyclic N) is 1. The number of imidazole rings is 1. The van der Waals surface area contributed by atoms with Crippen molar-refractivity contribution in [2.24, 2.45) is 0 Å². The average molecular weight is 290 g/mol. The Labute approximate surface area is 121 Å². The molecular formula is C14H18N4O3. The summed E-state index contributed by atoms with van der Waals surface area (Å²) in [4.78, 5) is 21.8. The molecule has 3 heterocycles. The molecule has 21 heavy (non-hydrogen) atoms. The van der Waals surface area contributed by atoms with Crippen LogP contribution in [0.5, 0.6) is 0 Å². The number of carboxylic acid groups (broad SMARTS) is 1. The summed E-state index contributed by atoms with van der Waals surface area (Å²) < 4.78 is 1.89. The minimum absolute atomic E-state index is 0.263. The molecule has 0 bridgehead atoms. The zero-order chi connectivity index (χ0) is 15.1. The number of carboxylic acids is 1. The fraction of sp³-hybridized carbons (Fsp3) is 0.500. The molecule has 7 nitrogen and oxygen atoms in total. The lowest BCUT2D eigenvalue weighted by Gasteiger charge is -2.19. The van der Waals surface area contributed by atoms with Crippen molar-refractivity contribution in [3.8, 4) is 0 Å². The summed E-state index contributed by atoms with van der Waals surface area (Å²) in [6, 6.07) is 1.32. The van der Waals surface area contributed by atoms with Crippen molar-refractivity contribution >= 4 is 11.7 Å². The molecule has 1 saturated heterocycles. The highest BCUT2D eigenvalue weighted by Gasteiger charge is 2.36. The van der Waals surface area contributed by atoms with E-state index in [1.807, 2.05) is 30.5 Å². The van der Waals surface area contributed by atoms with Crippen molar-refractivity contribution in [1.29, 1.82) is 0 Å². The van der Waals surface area contributed by atoms with Gasteiger partial charge in [-0.2, -0.15) is 0 Å². The number of rotatable bonds is 3. The second-order valence-corrected chi connectivity index (χ2v) is 5.61. The summed E-state index contributed by atoms with van der Waals surface area (Å²) in [5.74, 6) is -0.283. The lowest BCUT2D eigenvalue weighted by molar-refractivity contribution is -0.142. The van der Waals surface area contributed by atoms with Gasteiger partial charge < -0.3 is 10.2 Å². The van der Waals surface area contributed by atoms with Crippen LogP contribution in [-0.4, -0.2) is 54.1 Å². The monoisotopic (exact) mass is 290 g/mol. The molecule has 1 fully saturated rings. The first-order valence-electron chi connectivity index (χ1n) is 6.91. The molecule has 2 aromatic heterocycles. The molecule has 2 N–H and O–H groups in total. The SMILES string of the molecule is Cc1cc(C)n2cc(CN3CC(O)CC3C(=O)O)nc2n1. The first-order chi connectivity index (χ1) is 9.94. The Balaban J connectivity index is 1.88. The first kappa shape index (κ1) is 14.0. The van der Waals surface area contributed by atoms with Crippen LogP contribution < -0.4 is 0 Å². The van der Waals surface area contributed by atoms with Gasteiger partial charge >= 0.3 is 5.97 Å². The molecule has 0 amide bonds. The normalized spacial score (nSPS) is 23.0. The molecule has 2 aromatic rings. The molecule has 0 spiro atoms. The Morgan fingerprint density at radius 1 is 1.43 bits per heavy atom. The topological polar surface area (TPSA) is 91.0 Å². The van der Waals surface area contributed by atoms with E-state index in [4.69, 9.17) is 0 Å². The van der Waals surface area contributed by atoms with Crippen LogP contribution >= 0.6 is 0 Å². The minimum atomic E-state index is -0.902. The van der Waals surface area contributed by atoms with Crippen LogP contribution in [0.3, 0.4) is 0 Å². The standard InChI is InChI=1S/C14H18N4O3/c1-8-3-9(2)18-6-10(16-14(18)15-8)5-17-7-11(19)4-12(17)13(20)21/h3,6,11-12,19H,4-5,7H2,1-2H3,(H,20,21). The second-order valence-electron chi connectivity index (χ2n) is 5.61. The molecule has 0 saturated carbocycles. The fourth-order valence-corrected chi connectivity index (χ4v) is 2.91. The van der Waals surface area contributed by atoms with Gasteiger partial charge in [-0.15, -0.1) is 0 Å². The zero-order valence-corrected chi connectivity index (χ0v) is 12.0. The molecular weight excluding hydrogens is 272 g/mol. The van der Waals surface area contributed by atoms with Crippen molar-refractivity contribution in [3.05, 3.63) is 29.3 Å². The number of carbonyl (C=O) groups is 1. The molecule has 7 heteroatoms. The van der Waals surface area contributed by atoms with E-state index in [2.05, 4.69) is 9.97 Å². The van der Waals surface area contributed by atoms with Gasteiger partial charge in [0, 0.05) is 37.1 Å². The number of nitrogens with zero attached hydrogens (tertiary/aromatic N) is 4. The van der Waals surface area contributed by atoms with E-state index in [-0.39, 0.29) is 6.42 Å². The quantitative estimate of drug-likeness (QED) is 0.848. The van der Waals surface area contributed by atoms with Gasteiger partial charge in [-0.05, 0) is 19.9 Å². The van der Waals surface area contributed by atoms with Crippen molar-refractivity contribution in [1.82, 2.24) is 19.3 Å². The van der Waals surface area contributed by atoms with Crippen LogP contribution in [0.4, 0.5) is 0 Å². The van der Waals surface area contributed by atoms with Gasteiger partial charge in [0.05, 0.1) is 11.8 Å². The van der Waals surface area contributed by atoms with Crippen LogP contribution in [0.2, 0.25) is 0 Å². The maximum atomic E-state index is 11.2. The highest BCUT2D eigenvalue weighted by atomic mass is 16.4. The van der Waals surface area contributed by atoms with Gasteiger partial charge in [-0.25, -0.2) is 9.97 Å². The lowest BCUT2D eigenvalue weighted by atomic mass is 10.2. The molecule has 0 aromatic carbocycles. The van der Waals surface area contributed by atoms with Crippen LogP contribution in [0.25, 0.3) is 5.78 Å². The zero-order valence-electron chi connectivity index (χ0n) is 12.0. The van der Waals surface area contributed by atoms with E-state index in [0.29, 0.717) is 18.9 Å². The average Bonchev–Trinajstić information content (AvgIpc) is 2.93. The molecule has 0 aliphatic carbocycles. The summed E-state index contributed by atoms with van der Waals surface area (Å²) in [5, 5.41) is 18.9. The Hall–Kier alpha value is -1.99. The Bertz CT molecular complexity index is 697. The van der Waals surface area contributed by atoms with E-state index >= 15 is 0 Å². The minimum Gasteiger partial charge on any atom is -0.480 e. The number of aliphatic carboxylic acids is 1. The van der Waals surface area contributed by atoms with Crippen molar-refractivity contribution in [2.45, 2.75) is 39.0 Å². The van der Waals surface area contributed by atoms with E-state index in [1.54, 1.807) is 4.90 Å². The van der Waals surface area contributed by atoms with Crippen LogP contribution in [-0.2, 0) is 11.3 Å². The summed E-state index contributed by atoms with van der Waals surface area (Å²) in [6.45, 7) is 4.65. The number of aliphatic hydroxyl groups is 1. The van der Waals surface area contributed by atoms with Crippen LogP contribution in [0.15, 0.2) is 12.3 Å². The third-order valence-electron chi connectivity index (χ3n) is 3.84. The van der Waals surface area contributed by atoms with Crippen LogP contribution in [0.1, 0.15) is 23.5 Å². The van der Waals surface area contributed by atoms with Gasteiger partial charge in [-0.3, -0.25) is 14.1 Å². The highest BCUT2D eigenvalue weighted by molar-refractivity contribution is 5.74. The van der Waals surface area contributed by atoms with Gasteiger partial charge in [0.15, 0.2) is 0 Å². The fourth-order valence-electron chi connectivity index (χ4n) is 2.91. The van der Waals surface area contributed by atoms with E-state index in [0.717, 1.165) is 17.1 Å². The molecule has 112 valence electrons. The highest BCUT2D eigenvalue weighted by Crippen LogP contribution is 2.21. The number of aromatic nitrogens is 3. The van der Waals surface area contributed by atoms with Crippen molar-refractivity contribution < 1.29 is 15.0 Å². The maximum Gasteiger partial charge on any atom is 0.321 e. The summed E-state index contributed by atoms with van der Waals surface area (Å²) >= 11 is 0. The Kier molecular flexibility index (Phi) is 3.38. The summed E-state index contributed by atoms with van der Waals surface area (Å²) in [5.41, 5.74) is 2.70. The summed E-state index contributed by atoms with van der Waals surface area (Å²) in [6.07, 6.45) is 1.55. The first-order valence-corrected chi connectivity index (χ1v) is 6.91. The maximum absolute atomic E-state index is 11.2. The molecule has 1 aliphatic heterocycles. The third-order valence-corrected chi connectivity index (χ3v) is 3.84. The number of likely N-dealkylation sites (tertiary alicyclic amines) is 1. The Morgan fingerprint density at radius 2 is 2.19 bits per heavy atom. The van der Waals surface area contributed by atoms with E-state index in [1.165, 1.54) is 0 Å². The number of aryl methyl sites for hydroxylation is 2. The molecule has 2 atom stereocenters. The van der Waals surface area contributed by atoms with E-state index < -0.39 is 18.1 Å². The molecule has 3 rings (SSSR count). The molecule has 0 radical (unpaired) electrons. The van der Waals surface area contributed by atoms with Crippen molar-refractivity contribution in [2.75, 3.05) is 6.54 Å².